The van der Waals surface area contributed by atoms with Gasteiger partial charge in [0, 0.05) is 12.0 Å². The van der Waals surface area contributed by atoms with Crippen LogP contribution in [0.25, 0.3) is 0 Å². The molecule has 102 valence electrons. The fourth-order valence-electron chi connectivity index (χ4n) is 2.92. The molecule has 2 rings (SSSR count). The van der Waals surface area contributed by atoms with Gasteiger partial charge < -0.3 is 4.74 Å². The summed E-state index contributed by atoms with van der Waals surface area (Å²) >= 11 is 0. The molecule has 1 atom stereocenters. The normalized spacial score (nSPS) is 21.3. The molecular formula is C17H23NO. The van der Waals surface area contributed by atoms with Gasteiger partial charge in [0.2, 0.25) is 0 Å². The van der Waals surface area contributed by atoms with Crippen molar-refractivity contribution < 1.29 is 4.74 Å². The van der Waals surface area contributed by atoms with Crippen LogP contribution >= 0.6 is 0 Å². The van der Waals surface area contributed by atoms with Gasteiger partial charge in [0.1, 0.15) is 5.75 Å². The highest BCUT2D eigenvalue weighted by Gasteiger charge is 2.37. The van der Waals surface area contributed by atoms with Gasteiger partial charge in [-0.3, -0.25) is 0 Å². The number of nitrogens with zero attached hydrogens (tertiary/aromatic N) is 1. The lowest BCUT2D eigenvalue weighted by atomic mass is 9.73. The molecule has 1 aliphatic heterocycles. The molecule has 0 saturated heterocycles. The van der Waals surface area contributed by atoms with Crippen molar-refractivity contribution in [3.8, 4) is 11.8 Å². The van der Waals surface area contributed by atoms with E-state index in [9.17, 15) is 5.26 Å². The van der Waals surface area contributed by atoms with Crippen molar-refractivity contribution in [1.82, 2.24) is 0 Å². The standard InChI is InChI=1S/C17H23NO/c1-2-3-4-5-8-11-17(14-18)12-13-19-16-10-7-6-9-15(16)17/h6-7,9-10H,2-5,8,11-13H2,1H3. The molecule has 19 heavy (non-hydrogen) atoms. The van der Waals surface area contributed by atoms with E-state index in [4.69, 9.17) is 4.74 Å². The largest absolute Gasteiger partial charge is 0.493 e. The van der Waals surface area contributed by atoms with Crippen LogP contribution in [0.1, 0.15) is 57.4 Å². The van der Waals surface area contributed by atoms with E-state index in [0.29, 0.717) is 6.61 Å². The average Bonchev–Trinajstić information content (AvgIpc) is 2.47. The summed E-state index contributed by atoms with van der Waals surface area (Å²) in [5.41, 5.74) is 0.778. The summed E-state index contributed by atoms with van der Waals surface area (Å²) in [7, 11) is 0. The van der Waals surface area contributed by atoms with E-state index in [1.807, 2.05) is 18.2 Å². The first-order chi connectivity index (χ1) is 9.32. The number of unbranched alkanes of at least 4 members (excludes halogenated alkanes) is 4. The molecule has 0 spiro atoms. The van der Waals surface area contributed by atoms with Crippen molar-refractivity contribution in [3.05, 3.63) is 29.8 Å². The Labute approximate surface area is 116 Å². The van der Waals surface area contributed by atoms with Gasteiger partial charge in [-0.25, -0.2) is 0 Å². The van der Waals surface area contributed by atoms with Gasteiger partial charge in [-0.15, -0.1) is 0 Å². The quantitative estimate of drug-likeness (QED) is 0.698. The summed E-state index contributed by atoms with van der Waals surface area (Å²) in [6, 6.07) is 10.6. The molecule has 0 N–H and O–H groups in total. The van der Waals surface area contributed by atoms with Gasteiger partial charge in [0.15, 0.2) is 0 Å². The zero-order valence-electron chi connectivity index (χ0n) is 11.8. The third-order valence-electron chi connectivity index (χ3n) is 4.11. The van der Waals surface area contributed by atoms with Crippen LogP contribution < -0.4 is 4.74 Å². The molecule has 2 nitrogen and oxygen atoms in total. The number of hydrogen-bond donors (Lipinski definition) is 0. The lowest BCUT2D eigenvalue weighted by molar-refractivity contribution is 0.233. The topological polar surface area (TPSA) is 33.0 Å². The maximum Gasteiger partial charge on any atom is 0.124 e. The van der Waals surface area contributed by atoms with Gasteiger partial charge in [-0.1, -0.05) is 57.2 Å². The van der Waals surface area contributed by atoms with E-state index in [0.717, 1.165) is 30.6 Å². The number of nitriles is 1. The van der Waals surface area contributed by atoms with Gasteiger partial charge >= 0.3 is 0 Å². The minimum Gasteiger partial charge on any atom is -0.493 e. The van der Waals surface area contributed by atoms with Gasteiger partial charge in [-0.2, -0.15) is 5.26 Å². The van der Waals surface area contributed by atoms with Crippen molar-refractivity contribution in [2.24, 2.45) is 0 Å². The van der Waals surface area contributed by atoms with E-state index in [1.54, 1.807) is 0 Å². The number of para-hydroxylation sites is 1. The molecule has 0 aromatic heterocycles. The van der Waals surface area contributed by atoms with Gasteiger partial charge in [0.05, 0.1) is 18.1 Å². The molecule has 1 aromatic rings. The van der Waals surface area contributed by atoms with Crippen LogP contribution in [0.3, 0.4) is 0 Å². The molecule has 1 heterocycles. The van der Waals surface area contributed by atoms with Crippen LogP contribution in [-0.2, 0) is 5.41 Å². The van der Waals surface area contributed by atoms with E-state index in [-0.39, 0.29) is 5.41 Å². The first kappa shape index (κ1) is 13.9. The van der Waals surface area contributed by atoms with Crippen molar-refractivity contribution >= 4 is 0 Å². The molecule has 0 amide bonds. The monoisotopic (exact) mass is 257 g/mol. The van der Waals surface area contributed by atoms with Crippen LogP contribution in [0.4, 0.5) is 0 Å². The second-order valence-corrected chi connectivity index (χ2v) is 5.45. The summed E-state index contributed by atoms with van der Waals surface area (Å²) in [6.45, 7) is 2.89. The van der Waals surface area contributed by atoms with Gasteiger partial charge in [0.25, 0.3) is 0 Å². The predicted molar refractivity (Wildman–Crippen MR) is 77.2 cm³/mol. The molecule has 0 saturated carbocycles. The second-order valence-electron chi connectivity index (χ2n) is 5.45. The van der Waals surface area contributed by atoms with Crippen LogP contribution in [0, 0.1) is 11.3 Å². The first-order valence-electron chi connectivity index (χ1n) is 7.46. The Morgan fingerprint density at radius 1 is 1.21 bits per heavy atom. The average molecular weight is 257 g/mol. The van der Waals surface area contributed by atoms with E-state index in [1.165, 1.54) is 25.7 Å². The maximum absolute atomic E-state index is 9.69. The smallest absolute Gasteiger partial charge is 0.124 e. The lowest BCUT2D eigenvalue weighted by Gasteiger charge is -2.33. The van der Waals surface area contributed by atoms with Crippen LogP contribution in [0.5, 0.6) is 5.75 Å². The Kier molecular flexibility index (Phi) is 4.85. The highest BCUT2D eigenvalue weighted by molar-refractivity contribution is 5.45. The Morgan fingerprint density at radius 3 is 2.79 bits per heavy atom. The molecule has 0 fully saturated rings. The van der Waals surface area contributed by atoms with E-state index in [2.05, 4.69) is 19.1 Å². The van der Waals surface area contributed by atoms with Gasteiger partial charge in [-0.05, 0) is 12.5 Å². The number of fused-ring (bicyclic) bond motifs is 1. The third-order valence-corrected chi connectivity index (χ3v) is 4.11. The summed E-state index contributed by atoms with van der Waals surface area (Å²) in [5, 5.41) is 9.69. The van der Waals surface area contributed by atoms with Crippen molar-refractivity contribution in [2.45, 2.75) is 57.3 Å². The van der Waals surface area contributed by atoms with E-state index < -0.39 is 0 Å². The van der Waals surface area contributed by atoms with Crippen molar-refractivity contribution in [2.75, 3.05) is 6.61 Å². The molecular weight excluding hydrogens is 234 g/mol. The number of ether oxygens (including phenoxy) is 1. The fraction of sp³-hybridized carbons (Fsp3) is 0.588. The van der Waals surface area contributed by atoms with Crippen molar-refractivity contribution in [1.29, 1.82) is 5.26 Å². The number of benzene rings is 1. The predicted octanol–water partition coefficient (Wildman–Crippen LogP) is 4.59. The Morgan fingerprint density at radius 2 is 2.00 bits per heavy atom. The summed E-state index contributed by atoms with van der Waals surface area (Å²) in [6.07, 6.45) is 8.03. The zero-order valence-corrected chi connectivity index (χ0v) is 11.8. The molecule has 0 bridgehead atoms. The Balaban J connectivity index is 2.05. The Bertz CT molecular complexity index is 449. The molecule has 1 unspecified atom stereocenters. The molecule has 1 aliphatic rings. The summed E-state index contributed by atoms with van der Waals surface area (Å²) < 4.78 is 5.67. The van der Waals surface area contributed by atoms with Crippen LogP contribution in [0.2, 0.25) is 0 Å². The minimum absolute atomic E-state index is 0.318. The second kappa shape index (κ2) is 6.61. The molecule has 0 aliphatic carbocycles. The molecule has 2 heteroatoms. The summed E-state index contributed by atoms with van der Waals surface area (Å²) in [5.74, 6) is 0.906. The van der Waals surface area contributed by atoms with Crippen molar-refractivity contribution in [3.63, 3.8) is 0 Å². The number of hydrogen-bond acceptors (Lipinski definition) is 2. The Hall–Kier alpha value is -1.49. The maximum atomic E-state index is 9.69. The van der Waals surface area contributed by atoms with Crippen LogP contribution in [-0.4, -0.2) is 6.61 Å². The number of rotatable bonds is 6. The SMILES string of the molecule is CCCCCCCC1(C#N)CCOc2ccccc21. The highest BCUT2D eigenvalue weighted by Crippen LogP contribution is 2.41. The summed E-state index contributed by atoms with van der Waals surface area (Å²) in [4.78, 5) is 0. The fourth-order valence-corrected chi connectivity index (χ4v) is 2.92. The highest BCUT2D eigenvalue weighted by atomic mass is 16.5. The third kappa shape index (κ3) is 3.10. The first-order valence-corrected chi connectivity index (χ1v) is 7.46. The molecule has 1 aromatic carbocycles. The lowest BCUT2D eigenvalue weighted by Crippen LogP contribution is -2.31. The minimum atomic E-state index is -0.318. The van der Waals surface area contributed by atoms with Crippen LogP contribution in [0.15, 0.2) is 24.3 Å². The molecule has 0 radical (unpaired) electrons. The zero-order chi connectivity index (χ0) is 13.6. The van der Waals surface area contributed by atoms with E-state index >= 15 is 0 Å².